The van der Waals surface area contributed by atoms with Crippen LogP contribution in [0.4, 0.5) is 4.79 Å². The summed E-state index contributed by atoms with van der Waals surface area (Å²) >= 11 is 0. The van der Waals surface area contributed by atoms with Crippen molar-refractivity contribution in [1.82, 2.24) is 10.9 Å². The van der Waals surface area contributed by atoms with Crippen LogP contribution in [0.15, 0.2) is 5.10 Å². The molecule has 0 spiro atoms. The van der Waals surface area contributed by atoms with Crippen molar-refractivity contribution in [2.24, 2.45) is 10.9 Å². The molecule has 0 aromatic rings. The molecule has 24 heavy (non-hydrogen) atoms. The molecule has 0 unspecified atom stereocenters. The van der Waals surface area contributed by atoms with E-state index in [1.54, 1.807) is 0 Å². The Morgan fingerprint density at radius 2 is 1.71 bits per heavy atom. The maximum atomic E-state index is 11.2. The highest BCUT2D eigenvalue weighted by Crippen LogP contribution is 2.07. The highest BCUT2D eigenvalue weighted by atomic mass is 35.5. The molecule has 142 valence electrons. The number of nitrogens with zero attached hydrogens (tertiary/aromatic N) is 1. The lowest BCUT2D eigenvalue weighted by atomic mass is 10.1. The van der Waals surface area contributed by atoms with Crippen LogP contribution in [0.2, 0.25) is 0 Å². The van der Waals surface area contributed by atoms with E-state index in [-0.39, 0.29) is 12.4 Å². The van der Waals surface area contributed by atoms with E-state index < -0.39 is 11.7 Å². The number of hydrogen-bond donors (Lipinski definition) is 3. The van der Waals surface area contributed by atoms with Gasteiger partial charge in [-0.25, -0.2) is 10.2 Å². The van der Waals surface area contributed by atoms with Crippen molar-refractivity contribution in [1.29, 1.82) is 0 Å². The van der Waals surface area contributed by atoms with Gasteiger partial charge < -0.3 is 14.2 Å². The fraction of sp³-hybridized carbons (Fsp3) is 0.867. The van der Waals surface area contributed by atoms with E-state index in [0.717, 1.165) is 44.6 Å². The summed E-state index contributed by atoms with van der Waals surface area (Å²) in [5, 5.41) is 3.98. The van der Waals surface area contributed by atoms with Crippen molar-refractivity contribution < 1.29 is 19.0 Å². The molecule has 4 N–H and O–H groups in total. The standard InChI is InChI=1S/C10H18N2O3.C5H12N2O.ClH/c1-10(2,3)15-9(13)12-11-8-4-6-14-7-5-8;6-7-5-1-3-8-4-2-5;/h4-7H2,1-3H3,(H,12,13);5,7H,1-4,6H2;1H. The third kappa shape index (κ3) is 11.6. The second-order valence-electron chi connectivity index (χ2n) is 6.46. The first kappa shape index (κ1) is 23.1. The van der Waals surface area contributed by atoms with Crippen LogP contribution in [0.1, 0.15) is 46.5 Å². The van der Waals surface area contributed by atoms with Crippen LogP contribution in [0.5, 0.6) is 0 Å². The Morgan fingerprint density at radius 3 is 2.17 bits per heavy atom. The molecular formula is C15H31ClN4O4. The SMILES string of the molecule is CC(C)(C)OC(=O)NN=C1CCOCC1.Cl.NNC1CCOCC1. The van der Waals surface area contributed by atoms with E-state index in [1.165, 1.54) is 0 Å². The number of hydrazine groups is 1. The summed E-state index contributed by atoms with van der Waals surface area (Å²) in [5.74, 6) is 5.20. The summed E-state index contributed by atoms with van der Waals surface area (Å²) in [5.41, 5.74) is 5.57. The van der Waals surface area contributed by atoms with Gasteiger partial charge in [-0.05, 0) is 33.6 Å². The molecule has 2 aliphatic rings. The van der Waals surface area contributed by atoms with Gasteiger partial charge in [-0.1, -0.05) is 0 Å². The molecule has 0 atom stereocenters. The Labute approximate surface area is 150 Å². The zero-order chi connectivity index (χ0) is 17.1. The molecule has 2 aliphatic heterocycles. The normalized spacial score (nSPS) is 18.6. The number of carbonyl (C=O) groups excluding carboxylic acids is 1. The van der Waals surface area contributed by atoms with Crippen molar-refractivity contribution in [2.75, 3.05) is 26.4 Å². The monoisotopic (exact) mass is 366 g/mol. The second-order valence-corrected chi connectivity index (χ2v) is 6.46. The van der Waals surface area contributed by atoms with Gasteiger partial charge in [-0.15, -0.1) is 12.4 Å². The third-order valence-electron chi connectivity index (χ3n) is 3.23. The molecule has 2 rings (SSSR count). The van der Waals surface area contributed by atoms with Crippen molar-refractivity contribution in [3.8, 4) is 0 Å². The van der Waals surface area contributed by atoms with Gasteiger partial charge in [0.15, 0.2) is 0 Å². The van der Waals surface area contributed by atoms with Gasteiger partial charge >= 0.3 is 6.09 Å². The predicted octanol–water partition coefficient (Wildman–Crippen LogP) is 1.73. The molecule has 0 bridgehead atoms. The van der Waals surface area contributed by atoms with Crippen LogP contribution < -0.4 is 16.7 Å². The Balaban J connectivity index is 0.000000498. The first-order valence-corrected chi connectivity index (χ1v) is 8.07. The number of nitrogens with two attached hydrogens (primary N) is 1. The summed E-state index contributed by atoms with van der Waals surface area (Å²) < 4.78 is 15.3. The molecular weight excluding hydrogens is 336 g/mol. The highest BCUT2D eigenvalue weighted by molar-refractivity contribution is 5.86. The Bertz CT molecular complexity index is 374. The number of halogens is 1. The number of amides is 1. The minimum atomic E-state index is -0.513. The Morgan fingerprint density at radius 1 is 1.17 bits per heavy atom. The zero-order valence-corrected chi connectivity index (χ0v) is 15.6. The van der Waals surface area contributed by atoms with Gasteiger partial charge in [-0.3, -0.25) is 11.3 Å². The van der Waals surface area contributed by atoms with E-state index in [0.29, 0.717) is 19.3 Å². The molecule has 8 nitrogen and oxygen atoms in total. The maximum Gasteiger partial charge on any atom is 0.428 e. The minimum Gasteiger partial charge on any atom is -0.443 e. The maximum absolute atomic E-state index is 11.2. The summed E-state index contributed by atoms with van der Waals surface area (Å²) in [6.45, 7) is 8.50. The van der Waals surface area contributed by atoms with Gasteiger partial charge in [0.25, 0.3) is 0 Å². The summed E-state index contributed by atoms with van der Waals surface area (Å²) in [6, 6.07) is 0.490. The van der Waals surface area contributed by atoms with E-state index in [4.69, 9.17) is 20.1 Å². The second kappa shape index (κ2) is 12.4. The molecule has 2 heterocycles. The minimum absolute atomic E-state index is 0. The van der Waals surface area contributed by atoms with Crippen LogP contribution in [-0.2, 0) is 14.2 Å². The van der Waals surface area contributed by atoms with E-state index in [9.17, 15) is 4.79 Å². The lowest BCUT2D eigenvalue weighted by molar-refractivity contribution is 0.0527. The Kier molecular flexibility index (Phi) is 12.0. The predicted molar refractivity (Wildman–Crippen MR) is 95.3 cm³/mol. The molecule has 0 aromatic heterocycles. The number of ether oxygens (including phenoxy) is 3. The van der Waals surface area contributed by atoms with Crippen molar-refractivity contribution >= 4 is 24.2 Å². The Hall–Kier alpha value is -0.930. The number of rotatable bonds is 2. The number of hydrogen-bond acceptors (Lipinski definition) is 7. The van der Waals surface area contributed by atoms with Crippen LogP contribution >= 0.6 is 12.4 Å². The van der Waals surface area contributed by atoms with Crippen LogP contribution in [0.25, 0.3) is 0 Å². The lowest BCUT2D eigenvalue weighted by Gasteiger charge is -2.20. The summed E-state index contributed by atoms with van der Waals surface area (Å²) in [4.78, 5) is 11.2. The molecule has 2 fully saturated rings. The van der Waals surface area contributed by atoms with E-state index in [2.05, 4.69) is 16.0 Å². The molecule has 0 aromatic carbocycles. The van der Waals surface area contributed by atoms with Crippen LogP contribution in [0.3, 0.4) is 0 Å². The molecule has 0 radical (unpaired) electrons. The number of carbonyl (C=O) groups is 1. The highest BCUT2D eigenvalue weighted by Gasteiger charge is 2.16. The molecule has 0 saturated carbocycles. The quantitative estimate of drug-likeness (QED) is 0.507. The van der Waals surface area contributed by atoms with Gasteiger partial charge in [0, 0.05) is 37.8 Å². The fourth-order valence-electron chi connectivity index (χ4n) is 2.01. The average molecular weight is 367 g/mol. The molecule has 0 aliphatic carbocycles. The summed E-state index contributed by atoms with van der Waals surface area (Å²) in [7, 11) is 0. The number of hydrazone groups is 1. The van der Waals surface area contributed by atoms with Crippen molar-refractivity contribution in [2.45, 2.75) is 58.1 Å². The average Bonchev–Trinajstić information content (AvgIpc) is 2.54. The first-order chi connectivity index (χ1) is 10.9. The van der Waals surface area contributed by atoms with Gasteiger partial charge in [0.05, 0.1) is 13.2 Å². The molecule has 1 amide bonds. The topological polar surface area (TPSA) is 107 Å². The van der Waals surface area contributed by atoms with Gasteiger partial charge in [0.1, 0.15) is 5.60 Å². The summed E-state index contributed by atoms with van der Waals surface area (Å²) in [6.07, 6.45) is 3.14. The molecule has 2 saturated heterocycles. The van der Waals surface area contributed by atoms with E-state index in [1.807, 2.05) is 20.8 Å². The number of nitrogens with one attached hydrogen (secondary N) is 2. The van der Waals surface area contributed by atoms with Crippen molar-refractivity contribution in [3.63, 3.8) is 0 Å². The fourth-order valence-corrected chi connectivity index (χ4v) is 2.01. The first-order valence-electron chi connectivity index (χ1n) is 8.07. The van der Waals surface area contributed by atoms with Crippen molar-refractivity contribution in [3.05, 3.63) is 0 Å². The van der Waals surface area contributed by atoms with Crippen LogP contribution in [-0.4, -0.2) is 49.9 Å². The lowest BCUT2D eigenvalue weighted by Crippen LogP contribution is -2.39. The smallest absolute Gasteiger partial charge is 0.428 e. The van der Waals surface area contributed by atoms with Crippen LogP contribution in [0, 0.1) is 0 Å². The third-order valence-corrected chi connectivity index (χ3v) is 3.23. The zero-order valence-electron chi connectivity index (χ0n) is 14.8. The van der Waals surface area contributed by atoms with Gasteiger partial charge in [-0.2, -0.15) is 5.10 Å². The van der Waals surface area contributed by atoms with Gasteiger partial charge in [0.2, 0.25) is 0 Å². The molecule has 9 heteroatoms. The largest absolute Gasteiger partial charge is 0.443 e. The van der Waals surface area contributed by atoms with E-state index >= 15 is 0 Å².